The maximum absolute atomic E-state index is 10.1. The molecule has 0 radical (unpaired) electrons. The van der Waals surface area contributed by atoms with Crippen molar-refractivity contribution >= 4 is 5.69 Å². The smallest absolute Gasteiger partial charge is 0.157 e. The standard InChI is InChI=1S/C16H19N3O3/c1-11-16(12(2)22-18-11)19(3)9-14(20)10-21-15-6-4-13(8-17)5-7-15/h4-7,14,20H,9-10H2,1-3H3. The Hall–Kier alpha value is -2.52. The molecule has 22 heavy (non-hydrogen) atoms. The molecule has 6 nitrogen and oxygen atoms in total. The Labute approximate surface area is 129 Å². The summed E-state index contributed by atoms with van der Waals surface area (Å²) < 4.78 is 10.6. The highest BCUT2D eigenvalue weighted by molar-refractivity contribution is 5.52. The minimum atomic E-state index is -0.658. The number of nitrogens with zero attached hydrogens (tertiary/aromatic N) is 3. The third kappa shape index (κ3) is 3.77. The van der Waals surface area contributed by atoms with Gasteiger partial charge in [-0.25, -0.2) is 0 Å². The number of ether oxygens (including phenoxy) is 1. The maximum Gasteiger partial charge on any atom is 0.157 e. The van der Waals surface area contributed by atoms with Crippen LogP contribution < -0.4 is 9.64 Å². The van der Waals surface area contributed by atoms with Crippen LogP contribution in [0.1, 0.15) is 17.0 Å². The average Bonchev–Trinajstić information content (AvgIpc) is 2.84. The van der Waals surface area contributed by atoms with Crippen molar-refractivity contribution in [3.8, 4) is 11.8 Å². The first-order chi connectivity index (χ1) is 10.5. The van der Waals surface area contributed by atoms with Gasteiger partial charge in [0.1, 0.15) is 29.8 Å². The molecule has 0 saturated carbocycles. The predicted molar refractivity (Wildman–Crippen MR) is 81.9 cm³/mol. The summed E-state index contributed by atoms with van der Waals surface area (Å²) >= 11 is 0. The molecule has 0 aliphatic heterocycles. The van der Waals surface area contributed by atoms with Crippen LogP contribution in [0.5, 0.6) is 5.75 Å². The van der Waals surface area contributed by atoms with Crippen LogP contribution in [-0.2, 0) is 0 Å². The van der Waals surface area contributed by atoms with E-state index in [0.717, 1.165) is 17.1 Å². The summed E-state index contributed by atoms with van der Waals surface area (Å²) in [5, 5.41) is 22.7. The first-order valence-electron chi connectivity index (χ1n) is 6.96. The Bertz CT molecular complexity index is 639. The Morgan fingerprint density at radius 1 is 1.36 bits per heavy atom. The first kappa shape index (κ1) is 15.9. The van der Waals surface area contributed by atoms with E-state index >= 15 is 0 Å². The molecule has 1 heterocycles. The van der Waals surface area contributed by atoms with Gasteiger partial charge in [0.2, 0.25) is 0 Å². The largest absolute Gasteiger partial charge is 0.491 e. The topological polar surface area (TPSA) is 82.5 Å². The second-order valence-electron chi connectivity index (χ2n) is 5.15. The summed E-state index contributed by atoms with van der Waals surface area (Å²) in [6.45, 7) is 4.27. The molecule has 2 rings (SSSR count). The molecule has 2 aromatic rings. The molecule has 6 heteroatoms. The molecule has 0 aliphatic carbocycles. The van der Waals surface area contributed by atoms with Crippen molar-refractivity contribution in [2.75, 3.05) is 25.1 Å². The zero-order valence-electron chi connectivity index (χ0n) is 12.9. The number of aromatic nitrogens is 1. The molecule has 0 saturated heterocycles. The van der Waals surface area contributed by atoms with Crippen LogP contribution >= 0.6 is 0 Å². The van der Waals surface area contributed by atoms with E-state index in [1.807, 2.05) is 31.9 Å². The fraction of sp³-hybridized carbons (Fsp3) is 0.375. The number of hydrogen-bond donors (Lipinski definition) is 1. The Morgan fingerprint density at radius 3 is 2.59 bits per heavy atom. The number of likely N-dealkylation sites (N-methyl/N-ethyl adjacent to an activating group) is 1. The maximum atomic E-state index is 10.1. The summed E-state index contributed by atoms with van der Waals surface area (Å²) in [6.07, 6.45) is -0.658. The van der Waals surface area contributed by atoms with Crippen molar-refractivity contribution in [3.05, 3.63) is 41.3 Å². The summed E-state index contributed by atoms with van der Waals surface area (Å²) in [5.41, 5.74) is 2.25. The van der Waals surface area contributed by atoms with Gasteiger partial charge < -0.3 is 19.3 Å². The Balaban J connectivity index is 1.87. The van der Waals surface area contributed by atoms with Crippen molar-refractivity contribution in [2.24, 2.45) is 0 Å². The van der Waals surface area contributed by atoms with E-state index in [1.165, 1.54) is 0 Å². The van der Waals surface area contributed by atoms with Crippen molar-refractivity contribution in [3.63, 3.8) is 0 Å². The number of aryl methyl sites for hydroxylation is 2. The predicted octanol–water partition coefficient (Wildman–Crippen LogP) is 2.04. The molecule has 1 aromatic carbocycles. The van der Waals surface area contributed by atoms with Gasteiger partial charge in [-0.1, -0.05) is 5.16 Å². The van der Waals surface area contributed by atoms with Crippen LogP contribution in [0.3, 0.4) is 0 Å². The molecule has 1 unspecified atom stereocenters. The molecular weight excluding hydrogens is 282 g/mol. The summed E-state index contributed by atoms with van der Waals surface area (Å²) in [6, 6.07) is 8.82. The van der Waals surface area contributed by atoms with Crippen LogP contribution in [0.15, 0.2) is 28.8 Å². The van der Waals surface area contributed by atoms with E-state index < -0.39 is 6.10 Å². The Kier molecular flexibility index (Phi) is 5.02. The lowest BCUT2D eigenvalue weighted by Gasteiger charge is -2.22. The molecule has 0 fully saturated rings. The van der Waals surface area contributed by atoms with Crippen molar-refractivity contribution in [1.82, 2.24) is 5.16 Å². The quantitative estimate of drug-likeness (QED) is 0.879. The fourth-order valence-electron chi connectivity index (χ4n) is 2.30. The van der Waals surface area contributed by atoms with Gasteiger partial charge in [-0.3, -0.25) is 0 Å². The van der Waals surface area contributed by atoms with Gasteiger partial charge in [0.05, 0.1) is 11.6 Å². The van der Waals surface area contributed by atoms with E-state index in [2.05, 4.69) is 5.16 Å². The lowest BCUT2D eigenvalue weighted by Crippen LogP contribution is -2.33. The normalized spacial score (nSPS) is 11.8. The molecule has 1 N–H and O–H groups in total. The number of nitriles is 1. The van der Waals surface area contributed by atoms with Crippen LogP contribution in [0, 0.1) is 25.2 Å². The van der Waals surface area contributed by atoms with Gasteiger partial charge in [-0.05, 0) is 38.1 Å². The number of aliphatic hydroxyl groups is 1. The van der Waals surface area contributed by atoms with Gasteiger partial charge in [-0.2, -0.15) is 5.26 Å². The van der Waals surface area contributed by atoms with E-state index in [1.54, 1.807) is 24.3 Å². The van der Waals surface area contributed by atoms with E-state index in [-0.39, 0.29) is 6.61 Å². The third-order valence-electron chi connectivity index (χ3n) is 3.29. The fourth-order valence-corrected chi connectivity index (χ4v) is 2.30. The molecule has 1 aromatic heterocycles. The number of rotatable bonds is 6. The molecule has 0 amide bonds. The minimum Gasteiger partial charge on any atom is -0.491 e. The van der Waals surface area contributed by atoms with Crippen LogP contribution in [0.2, 0.25) is 0 Å². The number of benzene rings is 1. The molecule has 0 aliphatic rings. The average molecular weight is 301 g/mol. The minimum absolute atomic E-state index is 0.166. The third-order valence-corrected chi connectivity index (χ3v) is 3.29. The zero-order chi connectivity index (χ0) is 16.1. The summed E-state index contributed by atoms with van der Waals surface area (Å²) in [4.78, 5) is 1.90. The van der Waals surface area contributed by atoms with E-state index in [0.29, 0.717) is 17.9 Å². The SMILES string of the molecule is Cc1noc(C)c1N(C)CC(O)COc1ccc(C#N)cc1. The van der Waals surface area contributed by atoms with Crippen molar-refractivity contribution in [2.45, 2.75) is 20.0 Å². The van der Waals surface area contributed by atoms with Gasteiger partial charge >= 0.3 is 0 Å². The highest BCUT2D eigenvalue weighted by Gasteiger charge is 2.17. The highest BCUT2D eigenvalue weighted by Crippen LogP contribution is 2.22. The highest BCUT2D eigenvalue weighted by atomic mass is 16.5. The van der Waals surface area contributed by atoms with Crippen LogP contribution in [-0.4, -0.2) is 36.6 Å². The molecule has 0 bridgehead atoms. The molecular formula is C16H19N3O3. The van der Waals surface area contributed by atoms with Crippen molar-refractivity contribution < 1.29 is 14.4 Å². The Morgan fingerprint density at radius 2 is 2.05 bits per heavy atom. The van der Waals surface area contributed by atoms with Gasteiger partial charge in [0, 0.05) is 13.6 Å². The van der Waals surface area contributed by atoms with Crippen LogP contribution in [0.4, 0.5) is 5.69 Å². The second kappa shape index (κ2) is 6.96. The van der Waals surface area contributed by atoms with Crippen LogP contribution in [0.25, 0.3) is 0 Å². The lowest BCUT2D eigenvalue weighted by molar-refractivity contribution is 0.113. The van der Waals surface area contributed by atoms with Gasteiger partial charge in [-0.15, -0.1) is 0 Å². The van der Waals surface area contributed by atoms with E-state index in [4.69, 9.17) is 14.5 Å². The first-order valence-corrected chi connectivity index (χ1v) is 6.96. The van der Waals surface area contributed by atoms with Crippen molar-refractivity contribution in [1.29, 1.82) is 5.26 Å². The zero-order valence-corrected chi connectivity index (χ0v) is 12.9. The number of aliphatic hydroxyl groups excluding tert-OH is 1. The van der Waals surface area contributed by atoms with Gasteiger partial charge in [0.15, 0.2) is 5.76 Å². The lowest BCUT2D eigenvalue weighted by atomic mass is 10.2. The number of hydrogen-bond acceptors (Lipinski definition) is 6. The van der Waals surface area contributed by atoms with E-state index in [9.17, 15) is 5.11 Å². The summed E-state index contributed by atoms with van der Waals surface area (Å²) in [5.74, 6) is 1.35. The van der Waals surface area contributed by atoms with Gasteiger partial charge in [0.25, 0.3) is 0 Å². The number of anilines is 1. The molecule has 1 atom stereocenters. The molecule has 116 valence electrons. The monoisotopic (exact) mass is 301 g/mol. The summed E-state index contributed by atoms with van der Waals surface area (Å²) in [7, 11) is 1.87. The second-order valence-corrected chi connectivity index (χ2v) is 5.15. The molecule has 0 spiro atoms.